The van der Waals surface area contributed by atoms with Gasteiger partial charge in [0, 0.05) is 11.5 Å². The summed E-state index contributed by atoms with van der Waals surface area (Å²) in [6, 6.07) is 0.723. The molecule has 1 saturated carbocycles. The zero-order valence-corrected chi connectivity index (χ0v) is 12.8. The number of unbranched alkanes of at least 4 members (excludes halogenated alkanes) is 1. The lowest BCUT2D eigenvalue weighted by Crippen LogP contribution is -2.34. The van der Waals surface area contributed by atoms with Crippen molar-refractivity contribution in [3.63, 3.8) is 0 Å². The van der Waals surface area contributed by atoms with Crippen LogP contribution in [0, 0.1) is 11.3 Å². The molecule has 2 atom stereocenters. The van der Waals surface area contributed by atoms with Gasteiger partial charge in [0.1, 0.15) is 5.84 Å². The fourth-order valence-electron chi connectivity index (χ4n) is 2.88. The molecule has 4 heteroatoms. The van der Waals surface area contributed by atoms with Crippen LogP contribution in [0.15, 0.2) is 5.16 Å². The molecule has 2 unspecified atom stereocenters. The molecule has 0 bridgehead atoms. The third kappa shape index (κ3) is 5.81. The van der Waals surface area contributed by atoms with Crippen LogP contribution < -0.4 is 11.1 Å². The van der Waals surface area contributed by atoms with E-state index in [1.807, 2.05) is 13.8 Å². The third-order valence-electron chi connectivity index (χ3n) is 4.40. The molecule has 4 nitrogen and oxygen atoms in total. The van der Waals surface area contributed by atoms with Gasteiger partial charge in [-0.2, -0.15) is 0 Å². The van der Waals surface area contributed by atoms with Gasteiger partial charge in [0.15, 0.2) is 0 Å². The Morgan fingerprint density at radius 3 is 2.74 bits per heavy atom. The first kappa shape index (κ1) is 16.3. The maximum absolute atomic E-state index is 8.72. The Bertz CT molecular complexity index is 289. The van der Waals surface area contributed by atoms with E-state index < -0.39 is 0 Å². The van der Waals surface area contributed by atoms with Crippen molar-refractivity contribution in [2.24, 2.45) is 22.2 Å². The van der Waals surface area contributed by atoms with Gasteiger partial charge >= 0.3 is 0 Å². The number of nitrogens with two attached hydrogens (primary N) is 1. The first-order chi connectivity index (χ1) is 8.95. The Morgan fingerprint density at radius 2 is 2.11 bits per heavy atom. The zero-order valence-electron chi connectivity index (χ0n) is 12.8. The number of oxime groups is 1. The van der Waals surface area contributed by atoms with Crippen LogP contribution in [0.1, 0.15) is 65.7 Å². The molecule has 19 heavy (non-hydrogen) atoms. The van der Waals surface area contributed by atoms with E-state index in [0.29, 0.717) is 5.84 Å². The molecule has 0 aromatic rings. The Morgan fingerprint density at radius 1 is 1.37 bits per heavy atom. The van der Waals surface area contributed by atoms with Crippen LogP contribution in [-0.2, 0) is 0 Å². The second kappa shape index (κ2) is 7.73. The minimum atomic E-state index is -0.200. The minimum Gasteiger partial charge on any atom is -0.409 e. The zero-order chi connectivity index (χ0) is 14.3. The fraction of sp³-hybridized carbons (Fsp3) is 0.933. The van der Waals surface area contributed by atoms with Crippen molar-refractivity contribution in [3.05, 3.63) is 0 Å². The van der Waals surface area contributed by atoms with Gasteiger partial charge < -0.3 is 16.3 Å². The molecule has 0 aromatic heterocycles. The van der Waals surface area contributed by atoms with Gasteiger partial charge in [0.2, 0.25) is 0 Å². The van der Waals surface area contributed by atoms with Crippen molar-refractivity contribution >= 4 is 5.84 Å². The molecule has 0 radical (unpaired) electrons. The summed E-state index contributed by atoms with van der Waals surface area (Å²) in [6.45, 7) is 7.49. The Balaban J connectivity index is 2.11. The molecule has 1 rings (SSSR count). The average molecular weight is 269 g/mol. The van der Waals surface area contributed by atoms with E-state index in [2.05, 4.69) is 17.4 Å². The second-order valence-electron chi connectivity index (χ2n) is 6.75. The van der Waals surface area contributed by atoms with Gasteiger partial charge in [0.25, 0.3) is 0 Å². The summed E-state index contributed by atoms with van der Waals surface area (Å²) >= 11 is 0. The molecule has 4 N–H and O–H groups in total. The largest absolute Gasteiger partial charge is 0.409 e. The van der Waals surface area contributed by atoms with Crippen molar-refractivity contribution in [1.82, 2.24) is 5.32 Å². The van der Waals surface area contributed by atoms with Crippen LogP contribution in [-0.4, -0.2) is 23.6 Å². The summed E-state index contributed by atoms with van der Waals surface area (Å²) < 4.78 is 0. The molecule has 0 saturated heterocycles. The summed E-state index contributed by atoms with van der Waals surface area (Å²) in [7, 11) is 0. The van der Waals surface area contributed by atoms with Gasteiger partial charge in [-0.1, -0.05) is 45.2 Å². The Labute approximate surface area is 117 Å². The Kier molecular flexibility index (Phi) is 6.63. The Hall–Kier alpha value is -0.770. The molecule has 0 heterocycles. The van der Waals surface area contributed by atoms with Crippen molar-refractivity contribution in [3.8, 4) is 0 Å². The van der Waals surface area contributed by atoms with Crippen LogP contribution >= 0.6 is 0 Å². The molecule has 1 aliphatic rings. The van der Waals surface area contributed by atoms with E-state index in [1.165, 1.54) is 25.7 Å². The molecule has 112 valence electrons. The fourth-order valence-corrected chi connectivity index (χ4v) is 2.88. The van der Waals surface area contributed by atoms with Gasteiger partial charge in [-0.05, 0) is 38.1 Å². The second-order valence-corrected chi connectivity index (χ2v) is 6.75. The van der Waals surface area contributed by atoms with Crippen LogP contribution in [0.2, 0.25) is 0 Å². The molecule has 1 aliphatic carbocycles. The SMILES string of the molecule is CC1CCCC(NCCCCC(C)(C)C(N)=NO)C1. The number of nitrogens with one attached hydrogen (secondary N) is 1. The van der Waals surface area contributed by atoms with Crippen LogP contribution in [0.4, 0.5) is 0 Å². The maximum Gasteiger partial charge on any atom is 0.144 e. The highest BCUT2D eigenvalue weighted by Crippen LogP contribution is 2.24. The lowest BCUT2D eigenvalue weighted by Gasteiger charge is -2.28. The molecule has 0 amide bonds. The number of hydrogen-bond donors (Lipinski definition) is 3. The number of amidine groups is 1. The van der Waals surface area contributed by atoms with E-state index in [9.17, 15) is 0 Å². The van der Waals surface area contributed by atoms with E-state index in [4.69, 9.17) is 10.9 Å². The smallest absolute Gasteiger partial charge is 0.144 e. The van der Waals surface area contributed by atoms with E-state index in [0.717, 1.165) is 37.8 Å². The van der Waals surface area contributed by atoms with Crippen molar-refractivity contribution in [1.29, 1.82) is 0 Å². The molecule has 0 aliphatic heterocycles. The van der Waals surface area contributed by atoms with E-state index in [-0.39, 0.29) is 5.41 Å². The third-order valence-corrected chi connectivity index (χ3v) is 4.40. The monoisotopic (exact) mass is 269 g/mol. The lowest BCUT2D eigenvalue weighted by molar-refractivity contribution is 0.296. The topological polar surface area (TPSA) is 70.6 Å². The highest BCUT2D eigenvalue weighted by atomic mass is 16.4. The van der Waals surface area contributed by atoms with Gasteiger partial charge in [-0.3, -0.25) is 0 Å². The standard InChI is InChI=1S/C15H31N3O/c1-12-7-6-8-13(11-12)17-10-5-4-9-15(2,3)14(16)18-19/h12-13,17,19H,4-11H2,1-3H3,(H2,16,18). The summed E-state index contributed by atoms with van der Waals surface area (Å²) in [5.41, 5.74) is 5.48. The van der Waals surface area contributed by atoms with Gasteiger partial charge in [-0.15, -0.1) is 0 Å². The lowest BCUT2D eigenvalue weighted by atomic mass is 9.85. The normalized spacial score (nSPS) is 25.5. The van der Waals surface area contributed by atoms with Gasteiger partial charge in [0.05, 0.1) is 0 Å². The quantitative estimate of drug-likeness (QED) is 0.219. The highest BCUT2D eigenvalue weighted by Gasteiger charge is 2.23. The summed E-state index contributed by atoms with van der Waals surface area (Å²) in [4.78, 5) is 0. The highest BCUT2D eigenvalue weighted by molar-refractivity contribution is 5.85. The predicted molar refractivity (Wildman–Crippen MR) is 80.5 cm³/mol. The molecular formula is C15H31N3O. The van der Waals surface area contributed by atoms with Crippen LogP contribution in [0.5, 0.6) is 0 Å². The summed E-state index contributed by atoms with van der Waals surface area (Å²) in [5, 5.41) is 15.5. The van der Waals surface area contributed by atoms with Crippen molar-refractivity contribution in [2.45, 2.75) is 71.8 Å². The van der Waals surface area contributed by atoms with E-state index >= 15 is 0 Å². The average Bonchev–Trinajstić information content (AvgIpc) is 2.37. The predicted octanol–water partition coefficient (Wildman–Crippen LogP) is 3.10. The number of nitrogens with zero attached hydrogens (tertiary/aromatic N) is 1. The van der Waals surface area contributed by atoms with Crippen LogP contribution in [0.25, 0.3) is 0 Å². The first-order valence-electron chi connectivity index (χ1n) is 7.67. The summed E-state index contributed by atoms with van der Waals surface area (Å²) in [6.07, 6.45) is 8.66. The first-order valence-corrected chi connectivity index (χ1v) is 7.67. The molecule has 1 fully saturated rings. The van der Waals surface area contributed by atoms with E-state index in [1.54, 1.807) is 0 Å². The number of hydrogen-bond acceptors (Lipinski definition) is 3. The van der Waals surface area contributed by atoms with Crippen molar-refractivity contribution in [2.75, 3.05) is 6.54 Å². The van der Waals surface area contributed by atoms with Crippen molar-refractivity contribution < 1.29 is 5.21 Å². The van der Waals surface area contributed by atoms with Crippen LogP contribution in [0.3, 0.4) is 0 Å². The maximum atomic E-state index is 8.72. The summed E-state index contributed by atoms with van der Waals surface area (Å²) in [5.74, 6) is 1.22. The minimum absolute atomic E-state index is 0.200. The number of rotatable bonds is 7. The van der Waals surface area contributed by atoms with Gasteiger partial charge in [-0.25, -0.2) is 0 Å². The molecular weight excluding hydrogens is 238 g/mol. The molecule has 0 spiro atoms. The molecule has 0 aromatic carbocycles.